The van der Waals surface area contributed by atoms with E-state index in [1.165, 1.54) is 11.3 Å². The van der Waals surface area contributed by atoms with Crippen LogP contribution < -0.4 is 0 Å². The van der Waals surface area contributed by atoms with Gasteiger partial charge in [-0.05, 0) is 31.7 Å². The standard InChI is InChI=1S/C9H13NS/c1-7-5-4-6-10-9(7)8(2)11-3/h4-6,8H,1-3H3. The predicted molar refractivity (Wildman–Crippen MR) is 50.9 cm³/mol. The summed E-state index contributed by atoms with van der Waals surface area (Å²) < 4.78 is 0. The monoisotopic (exact) mass is 167 g/mol. The Kier molecular flexibility index (Phi) is 2.94. The lowest BCUT2D eigenvalue weighted by atomic mass is 10.2. The average molecular weight is 167 g/mol. The Balaban J connectivity index is 2.93. The molecule has 0 amide bonds. The Bertz CT molecular complexity index is 235. The van der Waals surface area contributed by atoms with Gasteiger partial charge >= 0.3 is 0 Å². The van der Waals surface area contributed by atoms with Gasteiger partial charge in [0.2, 0.25) is 0 Å². The first-order valence-electron chi connectivity index (χ1n) is 3.70. The quantitative estimate of drug-likeness (QED) is 0.671. The molecule has 0 aromatic carbocycles. The molecule has 0 aliphatic carbocycles. The van der Waals surface area contributed by atoms with Crippen molar-refractivity contribution in [2.75, 3.05) is 6.26 Å². The van der Waals surface area contributed by atoms with Crippen molar-refractivity contribution >= 4 is 11.8 Å². The van der Waals surface area contributed by atoms with Crippen LogP contribution in [0.5, 0.6) is 0 Å². The molecule has 0 bridgehead atoms. The maximum atomic E-state index is 4.33. The first-order valence-corrected chi connectivity index (χ1v) is 4.99. The van der Waals surface area contributed by atoms with Crippen molar-refractivity contribution in [3.05, 3.63) is 29.6 Å². The Labute approximate surface area is 72.2 Å². The maximum absolute atomic E-state index is 4.33. The number of aromatic nitrogens is 1. The molecule has 60 valence electrons. The number of nitrogens with zero attached hydrogens (tertiary/aromatic N) is 1. The van der Waals surface area contributed by atoms with Crippen molar-refractivity contribution < 1.29 is 0 Å². The lowest BCUT2D eigenvalue weighted by Crippen LogP contribution is -1.94. The molecule has 1 unspecified atom stereocenters. The van der Waals surface area contributed by atoms with Crippen molar-refractivity contribution in [2.24, 2.45) is 0 Å². The fraction of sp³-hybridized carbons (Fsp3) is 0.444. The molecule has 0 fully saturated rings. The van der Waals surface area contributed by atoms with E-state index in [0.717, 1.165) is 0 Å². The van der Waals surface area contributed by atoms with E-state index in [9.17, 15) is 0 Å². The highest BCUT2D eigenvalue weighted by molar-refractivity contribution is 7.98. The summed E-state index contributed by atoms with van der Waals surface area (Å²) in [6.07, 6.45) is 3.97. The number of pyridine rings is 1. The Morgan fingerprint density at radius 1 is 1.55 bits per heavy atom. The largest absolute Gasteiger partial charge is 0.260 e. The molecule has 0 saturated carbocycles. The minimum absolute atomic E-state index is 0.510. The van der Waals surface area contributed by atoms with E-state index in [4.69, 9.17) is 0 Å². The molecule has 0 aliphatic rings. The fourth-order valence-electron chi connectivity index (χ4n) is 1.04. The van der Waals surface area contributed by atoms with Gasteiger partial charge in [-0.3, -0.25) is 4.98 Å². The van der Waals surface area contributed by atoms with E-state index in [-0.39, 0.29) is 0 Å². The molecule has 11 heavy (non-hydrogen) atoms. The summed E-state index contributed by atoms with van der Waals surface area (Å²) >= 11 is 1.83. The Hall–Kier alpha value is -0.500. The van der Waals surface area contributed by atoms with Crippen LogP contribution in [0, 0.1) is 6.92 Å². The summed E-state index contributed by atoms with van der Waals surface area (Å²) in [5, 5.41) is 0.510. The van der Waals surface area contributed by atoms with E-state index in [2.05, 4.69) is 31.2 Å². The van der Waals surface area contributed by atoms with Gasteiger partial charge in [-0.1, -0.05) is 6.07 Å². The molecule has 0 spiro atoms. The van der Waals surface area contributed by atoms with Crippen molar-refractivity contribution in [1.29, 1.82) is 0 Å². The molecule has 0 radical (unpaired) electrons. The van der Waals surface area contributed by atoms with E-state index >= 15 is 0 Å². The maximum Gasteiger partial charge on any atom is 0.0559 e. The molecule has 1 nitrogen and oxygen atoms in total. The van der Waals surface area contributed by atoms with Crippen molar-refractivity contribution in [1.82, 2.24) is 4.98 Å². The van der Waals surface area contributed by atoms with Gasteiger partial charge in [0.1, 0.15) is 0 Å². The van der Waals surface area contributed by atoms with E-state index in [1.807, 2.05) is 24.0 Å². The highest BCUT2D eigenvalue weighted by Crippen LogP contribution is 2.25. The van der Waals surface area contributed by atoms with Crippen LogP contribution in [0.3, 0.4) is 0 Å². The van der Waals surface area contributed by atoms with Gasteiger partial charge < -0.3 is 0 Å². The van der Waals surface area contributed by atoms with Gasteiger partial charge in [-0.2, -0.15) is 11.8 Å². The molecule has 1 heterocycles. The fourth-order valence-corrected chi connectivity index (χ4v) is 1.51. The van der Waals surface area contributed by atoms with Crippen LogP contribution in [0.1, 0.15) is 23.4 Å². The average Bonchev–Trinajstić information content (AvgIpc) is 2.04. The summed E-state index contributed by atoms with van der Waals surface area (Å²) in [4.78, 5) is 4.33. The van der Waals surface area contributed by atoms with Gasteiger partial charge in [0.05, 0.1) is 5.69 Å². The van der Waals surface area contributed by atoms with Gasteiger partial charge in [0.25, 0.3) is 0 Å². The van der Waals surface area contributed by atoms with Gasteiger partial charge in [-0.15, -0.1) is 0 Å². The molecular formula is C9H13NS. The Morgan fingerprint density at radius 2 is 2.27 bits per heavy atom. The third kappa shape index (κ3) is 1.96. The predicted octanol–water partition coefficient (Wildman–Crippen LogP) is 2.81. The van der Waals surface area contributed by atoms with Crippen molar-refractivity contribution in [2.45, 2.75) is 19.1 Å². The zero-order valence-corrected chi connectivity index (χ0v) is 7.98. The topological polar surface area (TPSA) is 12.9 Å². The van der Waals surface area contributed by atoms with Crippen LogP contribution in [0.15, 0.2) is 18.3 Å². The second-order valence-electron chi connectivity index (χ2n) is 2.58. The second kappa shape index (κ2) is 3.77. The molecule has 1 rings (SSSR count). The molecule has 2 heteroatoms. The highest BCUT2D eigenvalue weighted by Gasteiger charge is 2.06. The smallest absolute Gasteiger partial charge is 0.0559 e. The number of thioether (sulfide) groups is 1. The molecule has 1 aromatic heterocycles. The molecule has 0 aliphatic heterocycles. The molecule has 1 aromatic rings. The van der Waals surface area contributed by atoms with Crippen molar-refractivity contribution in [3.63, 3.8) is 0 Å². The summed E-state index contributed by atoms with van der Waals surface area (Å²) in [5.41, 5.74) is 2.49. The number of rotatable bonds is 2. The third-order valence-electron chi connectivity index (χ3n) is 1.79. The first kappa shape index (κ1) is 8.60. The second-order valence-corrected chi connectivity index (χ2v) is 3.76. The van der Waals surface area contributed by atoms with Gasteiger partial charge in [-0.25, -0.2) is 0 Å². The number of aryl methyl sites for hydroxylation is 1. The van der Waals surface area contributed by atoms with Crippen LogP contribution in [0.25, 0.3) is 0 Å². The molecular weight excluding hydrogens is 154 g/mol. The summed E-state index contributed by atoms with van der Waals surface area (Å²) in [7, 11) is 0. The Morgan fingerprint density at radius 3 is 2.82 bits per heavy atom. The lowest BCUT2D eigenvalue weighted by molar-refractivity contribution is 0.986. The van der Waals surface area contributed by atoms with Crippen LogP contribution >= 0.6 is 11.8 Å². The van der Waals surface area contributed by atoms with Crippen LogP contribution in [0.2, 0.25) is 0 Å². The first-order chi connectivity index (χ1) is 5.25. The van der Waals surface area contributed by atoms with Crippen LogP contribution in [0.4, 0.5) is 0 Å². The normalized spacial score (nSPS) is 13.0. The lowest BCUT2D eigenvalue weighted by Gasteiger charge is -2.09. The number of hydrogen-bond donors (Lipinski definition) is 0. The molecule has 0 N–H and O–H groups in total. The van der Waals surface area contributed by atoms with Crippen LogP contribution in [-0.4, -0.2) is 11.2 Å². The third-order valence-corrected chi connectivity index (χ3v) is 2.72. The summed E-state index contributed by atoms with van der Waals surface area (Å²) in [5.74, 6) is 0. The van der Waals surface area contributed by atoms with Crippen molar-refractivity contribution in [3.8, 4) is 0 Å². The SMILES string of the molecule is CSC(C)c1ncccc1C. The van der Waals surface area contributed by atoms with E-state index < -0.39 is 0 Å². The minimum Gasteiger partial charge on any atom is -0.260 e. The zero-order chi connectivity index (χ0) is 8.27. The molecule has 0 saturated heterocycles. The zero-order valence-electron chi connectivity index (χ0n) is 7.16. The van der Waals surface area contributed by atoms with Gasteiger partial charge in [0.15, 0.2) is 0 Å². The summed E-state index contributed by atoms with van der Waals surface area (Å²) in [6, 6.07) is 4.08. The summed E-state index contributed by atoms with van der Waals surface area (Å²) in [6.45, 7) is 4.29. The van der Waals surface area contributed by atoms with E-state index in [1.54, 1.807) is 0 Å². The van der Waals surface area contributed by atoms with Gasteiger partial charge in [0, 0.05) is 11.4 Å². The molecule has 1 atom stereocenters. The minimum atomic E-state index is 0.510. The number of hydrogen-bond acceptors (Lipinski definition) is 2. The highest BCUT2D eigenvalue weighted by atomic mass is 32.2. The van der Waals surface area contributed by atoms with Crippen LogP contribution in [-0.2, 0) is 0 Å². The van der Waals surface area contributed by atoms with E-state index in [0.29, 0.717) is 5.25 Å².